The van der Waals surface area contributed by atoms with E-state index in [2.05, 4.69) is 0 Å². The minimum Gasteiger partial charge on any atom is -0.454 e. The Morgan fingerprint density at radius 2 is 2.05 bits per heavy atom. The van der Waals surface area contributed by atoms with Crippen LogP contribution in [0.25, 0.3) is 0 Å². The highest BCUT2D eigenvalue weighted by Crippen LogP contribution is 2.54. The van der Waals surface area contributed by atoms with Crippen LogP contribution in [0.5, 0.6) is 11.5 Å². The van der Waals surface area contributed by atoms with E-state index >= 15 is 0 Å². The first-order valence-electron chi connectivity index (χ1n) is 5.95. The molecule has 1 fully saturated rings. The Morgan fingerprint density at radius 1 is 1.37 bits per heavy atom. The van der Waals surface area contributed by atoms with Crippen molar-refractivity contribution in [2.45, 2.75) is 16.7 Å². The molecular weight excluding hydrogens is 268 g/mol. The monoisotopic (exact) mass is 284 g/mol. The molecule has 3 atom stereocenters. The van der Waals surface area contributed by atoms with Crippen LogP contribution >= 0.6 is 0 Å². The minimum atomic E-state index is -3.24. The van der Waals surface area contributed by atoms with Crippen molar-refractivity contribution in [1.29, 1.82) is 0 Å². The smallest absolute Gasteiger partial charge is 0.231 e. The molecule has 3 rings (SSSR count). The van der Waals surface area contributed by atoms with Gasteiger partial charge in [0, 0.05) is 18.7 Å². The van der Waals surface area contributed by atoms with Gasteiger partial charge in [0.1, 0.15) is 0 Å². The zero-order chi connectivity index (χ0) is 13.8. The van der Waals surface area contributed by atoms with E-state index in [0.717, 1.165) is 5.56 Å². The summed E-state index contributed by atoms with van der Waals surface area (Å²) in [6, 6.07) is 5.38. The van der Waals surface area contributed by atoms with Gasteiger partial charge >= 0.3 is 0 Å². The van der Waals surface area contributed by atoms with Crippen LogP contribution in [-0.2, 0) is 9.84 Å². The quantitative estimate of drug-likeness (QED) is 0.781. The maximum Gasteiger partial charge on any atom is 0.231 e. The fourth-order valence-electron chi connectivity index (χ4n) is 2.90. The van der Waals surface area contributed by atoms with E-state index in [1.807, 2.05) is 6.07 Å². The molecule has 0 saturated heterocycles. The maximum atomic E-state index is 11.8. The van der Waals surface area contributed by atoms with Crippen LogP contribution in [0, 0.1) is 0 Å². The fourth-order valence-corrected chi connectivity index (χ4v) is 4.77. The van der Waals surface area contributed by atoms with E-state index in [0.29, 0.717) is 11.5 Å². The fraction of sp³-hybridized carbons (Fsp3) is 0.500. The third-order valence-electron chi connectivity index (χ3n) is 3.87. The van der Waals surface area contributed by atoms with Gasteiger partial charge in [-0.05, 0) is 17.7 Å². The summed E-state index contributed by atoms with van der Waals surface area (Å²) < 4.78 is 34.1. The van der Waals surface area contributed by atoms with E-state index in [9.17, 15) is 8.42 Å². The predicted molar refractivity (Wildman–Crippen MR) is 69.9 cm³/mol. The lowest BCUT2D eigenvalue weighted by molar-refractivity contribution is 0.174. The van der Waals surface area contributed by atoms with Crippen LogP contribution in [0.15, 0.2) is 18.2 Å². The van der Waals surface area contributed by atoms with Gasteiger partial charge in [-0.15, -0.1) is 0 Å². The minimum absolute atomic E-state index is 0.129. The number of hydrogen-bond acceptors (Lipinski definition) is 6. The molecule has 0 bridgehead atoms. The molecule has 4 N–H and O–H groups in total. The number of fused-ring (bicyclic) bond motifs is 1. The Balaban J connectivity index is 1.99. The molecule has 0 radical (unpaired) electrons. The van der Waals surface area contributed by atoms with Gasteiger partial charge in [-0.25, -0.2) is 8.42 Å². The number of ether oxygens (including phenoxy) is 2. The van der Waals surface area contributed by atoms with E-state index in [-0.39, 0.29) is 19.3 Å². The van der Waals surface area contributed by atoms with E-state index in [1.165, 1.54) is 6.26 Å². The van der Waals surface area contributed by atoms with Gasteiger partial charge in [-0.2, -0.15) is 0 Å². The molecule has 0 amide bonds. The Labute approximate surface area is 111 Å². The Morgan fingerprint density at radius 3 is 2.63 bits per heavy atom. The van der Waals surface area contributed by atoms with Crippen LogP contribution in [0.4, 0.5) is 0 Å². The highest BCUT2D eigenvalue weighted by molar-refractivity contribution is 7.91. The molecule has 7 heteroatoms. The molecule has 1 aromatic rings. The van der Waals surface area contributed by atoms with Crippen molar-refractivity contribution in [3.05, 3.63) is 23.8 Å². The number of hydrogen-bond donors (Lipinski definition) is 2. The molecule has 1 aromatic carbocycles. The zero-order valence-electron chi connectivity index (χ0n) is 10.5. The zero-order valence-corrected chi connectivity index (χ0v) is 11.3. The second-order valence-electron chi connectivity index (χ2n) is 5.16. The molecule has 0 unspecified atom stereocenters. The lowest BCUT2D eigenvalue weighted by Crippen LogP contribution is -2.38. The Bertz CT molecular complexity index is 631. The summed E-state index contributed by atoms with van der Waals surface area (Å²) in [5, 5.41) is -0.634. The van der Waals surface area contributed by atoms with E-state index in [1.54, 1.807) is 12.1 Å². The molecule has 0 spiro atoms. The largest absolute Gasteiger partial charge is 0.454 e. The first kappa shape index (κ1) is 12.7. The van der Waals surface area contributed by atoms with Crippen molar-refractivity contribution in [3.63, 3.8) is 0 Å². The van der Waals surface area contributed by atoms with Gasteiger partial charge in [0.25, 0.3) is 0 Å². The van der Waals surface area contributed by atoms with Gasteiger partial charge in [-0.1, -0.05) is 6.07 Å². The number of rotatable bonds is 3. The van der Waals surface area contributed by atoms with Crippen LogP contribution in [0.1, 0.15) is 11.5 Å². The van der Waals surface area contributed by atoms with Crippen LogP contribution in [0.3, 0.4) is 0 Å². The summed E-state index contributed by atoms with van der Waals surface area (Å²) in [6.07, 6.45) is 1.20. The predicted octanol–water partition coefficient (Wildman–Crippen LogP) is -0.418. The molecule has 6 nitrogen and oxygen atoms in total. The van der Waals surface area contributed by atoms with E-state index < -0.39 is 20.6 Å². The third-order valence-corrected chi connectivity index (χ3v) is 5.51. The molecule has 104 valence electrons. The summed E-state index contributed by atoms with van der Waals surface area (Å²) in [5.74, 6) is 0.994. The summed E-state index contributed by atoms with van der Waals surface area (Å²) in [5.41, 5.74) is 11.7. The standard InChI is InChI=1S/C12H16N2O4S/c1-19(15,16)11-10(12(11,14)5-13)7-2-3-8-9(4-7)18-6-17-8/h2-4,10-11H,5-6,13-14H2,1H3/t10-,11-,12-/m0/s1. The van der Waals surface area contributed by atoms with Crippen molar-refractivity contribution < 1.29 is 17.9 Å². The average Bonchev–Trinajstić information content (AvgIpc) is 2.77. The summed E-state index contributed by atoms with van der Waals surface area (Å²) in [4.78, 5) is 0. The van der Waals surface area contributed by atoms with Gasteiger partial charge in [0.05, 0.1) is 10.8 Å². The topological polar surface area (TPSA) is 105 Å². The van der Waals surface area contributed by atoms with Crippen LogP contribution < -0.4 is 20.9 Å². The second-order valence-corrected chi connectivity index (χ2v) is 7.32. The van der Waals surface area contributed by atoms with Crippen LogP contribution in [-0.4, -0.2) is 38.8 Å². The number of nitrogens with two attached hydrogens (primary N) is 2. The van der Waals surface area contributed by atoms with Crippen LogP contribution in [0.2, 0.25) is 0 Å². The average molecular weight is 284 g/mol. The first-order valence-corrected chi connectivity index (χ1v) is 7.91. The number of sulfone groups is 1. The molecule has 0 aromatic heterocycles. The van der Waals surface area contributed by atoms with Crippen molar-refractivity contribution in [3.8, 4) is 11.5 Å². The normalized spacial score (nSPS) is 32.4. The van der Waals surface area contributed by atoms with Crippen molar-refractivity contribution in [2.75, 3.05) is 19.6 Å². The number of benzene rings is 1. The molecule has 1 saturated carbocycles. The molecule has 1 heterocycles. The second kappa shape index (κ2) is 3.84. The highest BCUT2D eigenvalue weighted by atomic mass is 32.2. The van der Waals surface area contributed by atoms with Crippen molar-refractivity contribution >= 4 is 9.84 Å². The van der Waals surface area contributed by atoms with Crippen molar-refractivity contribution in [1.82, 2.24) is 0 Å². The third kappa shape index (κ3) is 1.80. The SMILES string of the molecule is CS(=O)(=O)[C@H]1[C@H](c2ccc3c(c2)OCO3)[C@@]1(N)CN. The lowest BCUT2D eigenvalue weighted by atomic mass is 10.1. The van der Waals surface area contributed by atoms with Gasteiger partial charge in [0.2, 0.25) is 6.79 Å². The Kier molecular flexibility index (Phi) is 2.57. The molecule has 1 aliphatic heterocycles. The first-order chi connectivity index (χ1) is 8.88. The molecular formula is C12H16N2O4S. The van der Waals surface area contributed by atoms with Crippen molar-refractivity contribution in [2.24, 2.45) is 11.5 Å². The van der Waals surface area contributed by atoms with Gasteiger partial charge < -0.3 is 20.9 Å². The lowest BCUT2D eigenvalue weighted by Gasteiger charge is -2.08. The Hall–Kier alpha value is -1.31. The highest BCUT2D eigenvalue weighted by Gasteiger charge is 2.67. The van der Waals surface area contributed by atoms with Gasteiger partial charge in [-0.3, -0.25) is 0 Å². The summed E-state index contributed by atoms with van der Waals surface area (Å²) in [6.45, 7) is 0.313. The molecule has 2 aliphatic rings. The molecule has 19 heavy (non-hydrogen) atoms. The molecule has 1 aliphatic carbocycles. The van der Waals surface area contributed by atoms with E-state index in [4.69, 9.17) is 20.9 Å². The summed E-state index contributed by atoms with van der Waals surface area (Å²) >= 11 is 0. The van der Waals surface area contributed by atoms with Gasteiger partial charge in [0.15, 0.2) is 21.3 Å². The maximum absolute atomic E-state index is 11.8. The summed E-state index contributed by atoms with van der Waals surface area (Å²) in [7, 11) is -3.24.